The number of aryl methyl sites for hydroxylation is 1. The zero-order valence-corrected chi connectivity index (χ0v) is 17.6. The fourth-order valence-corrected chi connectivity index (χ4v) is 4.78. The summed E-state index contributed by atoms with van der Waals surface area (Å²) in [7, 11) is 0. The van der Waals surface area contributed by atoms with Gasteiger partial charge in [0, 0.05) is 23.9 Å². The van der Waals surface area contributed by atoms with Crippen LogP contribution in [0.2, 0.25) is 0 Å². The van der Waals surface area contributed by atoms with Crippen molar-refractivity contribution >= 4 is 17.5 Å². The molecule has 1 unspecified atom stereocenters. The molecule has 2 aromatic carbocycles. The quantitative estimate of drug-likeness (QED) is 0.356. The first-order valence-corrected chi connectivity index (χ1v) is 10.4. The summed E-state index contributed by atoms with van der Waals surface area (Å²) < 4.78 is 6.67. The van der Waals surface area contributed by atoms with E-state index in [4.69, 9.17) is 4.74 Å². The maximum Gasteiger partial charge on any atom is 0.311 e. The van der Waals surface area contributed by atoms with Crippen LogP contribution in [0, 0.1) is 17.0 Å². The number of ether oxygens (including phenoxy) is 1. The Morgan fingerprint density at radius 2 is 1.93 bits per heavy atom. The van der Waals surface area contributed by atoms with Gasteiger partial charge in [0.15, 0.2) is 0 Å². The third kappa shape index (κ3) is 2.83. The normalized spacial score (nSPS) is 21.0. The van der Waals surface area contributed by atoms with Crippen LogP contribution in [0.25, 0.3) is 6.08 Å². The van der Waals surface area contributed by atoms with Gasteiger partial charge < -0.3 is 9.64 Å². The van der Waals surface area contributed by atoms with Gasteiger partial charge in [-0.25, -0.2) is 0 Å². The van der Waals surface area contributed by atoms with Gasteiger partial charge in [0.1, 0.15) is 0 Å². The average molecular weight is 392 g/mol. The Morgan fingerprint density at radius 1 is 1.17 bits per heavy atom. The van der Waals surface area contributed by atoms with E-state index in [1.54, 1.807) is 6.07 Å². The molecule has 0 bridgehead atoms. The zero-order valence-electron chi connectivity index (χ0n) is 17.6. The molecule has 5 heteroatoms. The number of rotatable bonds is 5. The zero-order chi connectivity index (χ0) is 20.8. The molecule has 2 aromatic rings. The van der Waals surface area contributed by atoms with Gasteiger partial charge in [-0.2, -0.15) is 0 Å². The minimum absolute atomic E-state index is 0.0315. The monoisotopic (exact) mass is 392 g/mol. The van der Waals surface area contributed by atoms with Gasteiger partial charge >= 0.3 is 5.69 Å². The average Bonchev–Trinajstić information content (AvgIpc) is 2.86. The minimum atomic E-state index is -0.794. The molecule has 4 rings (SSSR count). The molecule has 0 radical (unpaired) electrons. The van der Waals surface area contributed by atoms with Crippen molar-refractivity contribution in [1.82, 2.24) is 0 Å². The lowest BCUT2D eigenvalue weighted by Crippen LogP contribution is -2.59. The highest BCUT2D eigenvalue weighted by Crippen LogP contribution is 2.56. The minimum Gasteiger partial charge on any atom is -0.456 e. The number of hydrogen-bond acceptors (Lipinski definition) is 4. The van der Waals surface area contributed by atoms with Crippen LogP contribution in [0.15, 0.2) is 42.5 Å². The second-order valence-corrected chi connectivity index (χ2v) is 8.59. The van der Waals surface area contributed by atoms with Gasteiger partial charge in [0.2, 0.25) is 11.5 Å². The number of nitro benzene ring substituents is 1. The summed E-state index contributed by atoms with van der Waals surface area (Å²) >= 11 is 0. The third-order valence-electron chi connectivity index (χ3n) is 6.34. The molecule has 0 N–H and O–H groups in total. The maximum atomic E-state index is 11.8. The standard InChI is InChI=1S/C24H28N2O3/c1-5-6-9-14-25-20-11-8-7-10-19(20)23(3,4)24(25)13-12-18-15-17(2)16-21(26(27)28)22(18)29-24/h7-8,10-13,15-16H,5-6,9,14H2,1-4H3. The molecule has 0 aliphatic carbocycles. The highest BCUT2D eigenvalue weighted by Gasteiger charge is 2.59. The van der Waals surface area contributed by atoms with Gasteiger partial charge in [0.25, 0.3) is 0 Å². The Bertz CT molecular complexity index is 996. The van der Waals surface area contributed by atoms with Gasteiger partial charge in [-0.3, -0.25) is 10.1 Å². The van der Waals surface area contributed by atoms with Crippen molar-refractivity contribution in [2.24, 2.45) is 0 Å². The summed E-state index contributed by atoms with van der Waals surface area (Å²) in [6.07, 6.45) is 7.41. The predicted molar refractivity (Wildman–Crippen MR) is 117 cm³/mol. The molecule has 2 aliphatic rings. The Labute approximate surface area is 172 Å². The molecule has 29 heavy (non-hydrogen) atoms. The van der Waals surface area contributed by atoms with Gasteiger partial charge in [-0.15, -0.1) is 0 Å². The van der Waals surface area contributed by atoms with Crippen LogP contribution in [0.3, 0.4) is 0 Å². The van der Waals surface area contributed by atoms with E-state index in [1.807, 2.05) is 25.1 Å². The molecule has 5 nitrogen and oxygen atoms in total. The number of hydrogen-bond donors (Lipinski definition) is 0. The van der Waals surface area contributed by atoms with Crippen molar-refractivity contribution < 1.29 is 9.66 Å². The topological polar surface area (TPSA) is 55.6 Å². The Morgan fingerprint density at radius 3 is 2.66 bits per heavy atom. The van der Waals surface area contributed by atoms with Crippen LogP contribution in [-0.2, 0) is 5.41 Å². The first-order valence-electron chi connectivity index (χ1n) is 10.4. The lowest BCUT2D eigenvalue weighted by molar-refractivity contribution is -0.386. The maximum absolute atomic E-state index is 11.8. The van der Waals surface area contributed by atoms with Crippen molar-refractivity contribution in [3.63, 3.8) is 0 Å². The van der Waals surface area contributed by atoms with Crippen molar-refractivity contribution in [3.8, 4) is 5.75 Å². The van der Waals surface area contributed by atoms with Gasteiger partial charge in [-0.05, 0) is 62.6 Å². The van der Waals surface area contributed by atoms with Crippen LogP contribution >= 0.6 is 0 Å². The Hall–Kier alpha value is -2.82. The van der Waals surface area contributed by atoms with E-state index in [0.29, 0.717) is 5.75 Å². The predicted octanol–water partition coefficient (Wildman–Crippen LogP) is 5.99. The number of unbranched alkanes of at least 4 members (excludes halogenated alkanes) is 2. The largest absolute Gasteiger partial charge is 0.456 e. The Balaban J connectivity index is 1.88. The van der Waals surface area contributed by atoms with E-state index in [-0.39, 0.29) is 16.0 Å². The molecule has 1 atom stereocenters. The van der Waals surface area contributed by atoms with Crippen LogP contribution in [0.4, 0.5) is 11.4 Å². The molecule has 0 fully saturated rings. The summed E-state index contributed by atoms with van der Waals surface area (Å²) in [5, 5.41) is 11.8. The molecular formula is C24H28N2O3. The lowest BCUT2D eigenvalue weighted by Gasteiger charge is -2.47. The fraction of sp³-hybridized carbons (Fsp3) is 0.417. The van der Waals surface area contributed by atoms with E-state index in [9.17, 15) is 10.1 Å². The van der Waals surface area contributed by atoms with Crippen molar-refractivity contribution in [2.45, 2.75) is 58.1 Å². The van der Waals surface area contributed by atoms with Crippen molar-refractivity contribution in [1.29, 1.82) is 0 Å². The number of fused-ring (bicyclic) bond motifs is 2. The first-order chi connectivity index (χ1) is 13.8. The number of benzene rings is 2. The van der Waals surface area contributed by atoms with Crippen molar-refractivity contribution in [3.05, 3.63) is 69.3 Å². The van der Waals surface area contributed by atoms with E-state index < -0.39 is 5.72 Å². The number of anilines is 1. The Kier molecular flexibility index (Phi) is 4.64. The lowest BCUT2D eigenvalue weighted by atomic mass is 9.76. The third-order valence-corrected chi connectivity index (χ3v) is 6.34. The highest BCUT2D eigenvalue weighted by atomic mass is 16.6. The van der Waals surface area contributed by atoms with Gasteiger partial charge in [-0.1, -0.05) is 38.0 Å². The van der Waals surface area contributed by atoms with E-state index in [1.165, 1.54) is 5.56 Å². The van der Waals surface area contributed by atoms with E-state index in [2.05, 4.69) is 49.9 Å². The molecule has 0 amide bonds. The summed E-state index contributed by atoms with van der Waals surface area (Å²) in [4.78, 5) is 13.8. The smallest absolute Gasteiger partial charge is 0.311 e. The molecule has 0 saturated heterocycles. The van der Waals surface area contributed by atoms with Crippen LogP contribution in [-0.4, -0.2) is 17.2 Å². The van der Waals surface area contributed by atoms with E-state index in [0.717, 1.165) is 42.6 Å². The number of nitro groups is 1. The summed E-state index contributed by atoms with van der Waals surface area (Å²) in [5.41, 5.74) is 2.84. The van der Waals surface area contributed by atoms with Crippen molar-refractivity contribution in [2.75, 3.05) is 11.4 Å². The molecule has 1 spiro atoms. The molecule has 0 saturated carbocycles. The van der Waals surface area contributed by atoms with Crippen LogP contribution < -0.4 is 9.64 Å². The fourth-order valence-electron chi connectivity index (χ4n) is 4.78. The van der Waals surface area contributed by atoms with Crippen LogP contribution in [0.5, 0.6) is 5.75 Å². The SMILES string of the molecule is CCCCCN1c2ccccc2C(C)(C)C12C=Cc1cc(C)cc([N+](=O)[O-])c1O2. The number of para-hydroxylation sites is 1. The van der Waals surface area contributed by atoms with E-state index >= 15 is 0 Å². The summed E-state index contributed by atoms with van der Waals surface area (Å²) in [6.45, 7) is 9.24. The second-order valence-electron chi connectivity index (χ2n) is 8.59. The summed E-state index contributed by atoms with van der Waals surface area (Å²) in [5.74, 6) is 0.365. The summed E-state index contributed by atoms with van der Waals surface area (Å²) in [6, 6.07) is 11.9. The molecular weight excluding hydrogens is 364 g/mol. The number of nitrogens with zero attached hydrogens (tertiary/aromatic N) is 2. The molecule has 152 valence electrons. The second kappa shape index (κ2) is 6.90. The molecule has 2 aliphatic heterocycles. The highest BCUT2D eigenvalue weighted by molar-refractivity contribution is 5.75. The molecule has 2 heterocycles. The van der Waals surface area contributed by atoms with Crippen LogP contribution in [0.1, 0.15) is 56.7 Å². The van der Waals surface area contributed by atoms with Gasteiger partial charge in [0.05, 0.1) is 10.3 Å². The first kappa shape index (κ1) is 19.5. The molecule has 0 aromatic heterocycles.